The Bertz CT molecular complexity index is 1770. The number of carbonyl (C=O) groups is 2. The van der Waals surface area contributed by atoms with E-state index in [2.05, 4.69) is 21.2 Å². The molecule has 1 atom stereocenters. The van der Waals surface area contributed by atoms with Crippen molar-refractivity contribution < 1.29 is 27.5 Å². The fourth-order valence-electron chi connectivity index (χ4n) is 5.07. The molecule has 0 radical (unpaired) electrons. The number of anilines is 1. The van der Waals surface area contributed by atoms with Gasteiger partial charge in [0, 0.05) is 29.5 Å². The minimum atomic E-state index is -4.26. The molecule has 0 fully saturated rings. The molecule has 0 aliphatic carbocycles. The molecule has 47 heavy (non-hydrogen) atoms. The molecule has 248 valence electrons. The molecule has 2 amide bonds. The number of halogens is 1. The molecular weight excluding hydrogens is 682 g/mol. The fraction of sp³-hybridized carbons (Fsp3) is 0.278. The van der Waals surface area contributed by atoms with Gasteiger partial charge in [-0.2, -0.15) is 0 Å². The van der Waals surface area contributed by atoms with E-state index in [9.17, 15) is 18.0 Å². The number of carbonyl (C=O) groups excluding carboxylic acids is 2. The maximum absolute atomic E-state index is 14.6. The summed E-state index contributed by atoms with van der Waals surface area (Å²) in [6.07, 6.45) is 0.225. The van der Waals surface area contributed by atoms with Crippen LogP contribution in [0.4, 0.5) is 5.69 Å². The van der Waals surface area contributed by atoms with Gasteiger partial charge in [0.15, 0.2) is 11.5 Å². The van der Waals surface area contributed by atoms with Crippen molar-refractivity contribution in [1.29, 1.82) is 0 Å². The molecule has 0 heterocycles. The monoisotopic (exact) mass is 721 g/mol. The van der Waals surface area contributed by atoms with E-state index in [1.807, 2.05) is 75.4 Å². The second-order valence-corrected chi connectivity index (χ2v) is 14.2. The number of hydrogen-bond donors (Lipinski definition) is 1. The topological polar surface area (TPSA) is 105 Å². The van der Waals surface area contributed by atoms with Crippen LogP contribution in [-0.2, 0) is 32.6 Å². The first kappa shape index (κ1) is 35.5. The van der Waals surface area contributed by atoms with Crippen LogP contribution in [-0.4, -0.2) is 58.0 Å². The predicted octanol–water partition coefficient (Wildman–Crippen LogP) is 6.13. The van der Waals surface area contributed by atoms with E-state index >= 15 is 0 Å². The third-order valence-electron chi connectivity index (χ3n) is 7.51. The van der Waals surface area contributed by atoms with Crippen molar-refractivity contribution in [2.75, 3.05) is 25.1 Å². The second kappa shape index (κ2) is 16.0. The number of rotatable bonds is 14. The van der Waals surface area contributed by atoms with Gasteiger partial charge < -0.3 is 19.7 Å². The number of ether oxygens (including phenoxy) is 2. The normalized spacial score (nSPS) is 11.9. The Hall–Kier alpha value is -4.35. The van der Waals surface area contributed by atoms with Crippen LogP contribution in [0.2, 0.25) is 0 Å². The molecule has 1 N–H and O–H groups in total. The number of amides is 2. The van der Waals surface area contributed by atoms with Crippen LogP contribution in [0.3, 0.4) is 0 Å². The number of methoxy groups -OCH3 is 2. The van der Waals surface area contributed by atoms with Gasteiger partial charge >= 0.3 is 0 Å². The van der Waals surface area contributed by atoms with Crippen molar-refractivity contribution in [1.82, 2.24) is 10.2 Å². The van der Waals surface area contributed by atoms with E-state index in [1.54, 1.807) is 24.3 Å². The predicted molar refractivity (Wildman–Crippen MR) is 187 cm³/mol. The lowest BCUT2D eigenvalue weighted by molar-refractivity contribution is -0.140. The van der Waals surface area contributed by atoms with Crippen molar-refractivity contribution >= 4 is 43.5 Å². The highest BCUT2D eigenvalue weighted by Crippen LogP contribution is 2.34. The van der Waals surface area contributed by atoms with Crippen LogP contribution in [0.25, 0.3) is 0 Å². The Morgan fingerprint density at radius 1 is 0.830 bits per heavy atom. The van der Waals surface area contributed by atoms with Crippen LogP contribution in [0.5, 0.6) is 11.5 Å². The number of aryl methyl sites for hydroxylation is 1. The molecular formula is C36H40BrN3O6S. The molecule has 0 spiro atoms. The summed E-state index contributed by atoms with van der Waals surface area (Å²) in [5.41, 5.74) is 2.72. The van der Waals surface area contributed by atoms with Gasteiger partial charge in [-0.3, -0.25) is 13.9 Å². The van der Waals surface area contributed by atoms with E-state index in [-0.39, 0.29) is 35.5 Å². The average molecular weight is 723 g/mol. The highest BCUT2D eigenvalue weighted by atomic mass is 79.9. The fourth-order valence-corrected chi connectivity index (χ4v) is 6.74. The Morgan fingerprint density at radius 3 is 2.06 bits per heavy atom. The standard InChI is InChI=1S/C36H40BrN3O6S/c1-25(2)38-36(42)32(21-27-9-7-6-8-10-27)39(23-28-13-15-29(37)16-14-28)35(41)24-40(30-17-20-33(45-4)34(22-30)46-5)47(43,44)31-18-11-26(3)12-19-31/h6-20,22,25,32H,21,23-24H2,1-5H3,(H,38,42)/t32-/m0/s1. The lowest BCUT2D eigenvalue weighted by Gasteiger charge is -2.34. The smallest absolute Gasteiger partial charge is 0.264 e. The van der Waals surface area contributed by atoms with Crippen molar-refractivity contribution in [3.05, 3.63) is 118 Å². The Morgan fingerprint density at radius 2 is 1.47 bits per heavy atom. The van der Waals surface area contributed by atoms with Gasteiger partial charge in [-0.15, -0.1) is 0 Å². The zero-order chi connectivity index (χ0) is 34.1. The van der Waals surface area contributed by atoms with Crippen molar-refractivity contribution in [2.45, 2.75) is 50.7 Å². The third-order valence-corrected chi connectivity index (χ3v) is 9.83. The Balaban J connectivity index is 1.84. The van der Waals surface area contributed by atoms with Crippen molar-refractivity contribution in [3.63, 3.8) is 0 Å². The molecule has 0 aliphatic rings. The summed E-state index contributed by atoms with van der Waals surface area (Å²) in [5, 5.41) is 2.96. The van der Waals surface area contributed by atoms with Crippen LogP contribution < -0.4 is 19.1 Å². The lowest BCUT2D eigenvalue weighted by atomic mass is 10.0. The first-order valence-corrected chi connectivity index (χ1v) is 17.4. The SMILES string of the molecule is COc1ccc(N(CC(=O)N(Cc2ccc(Br)cc2)[C@@H](Cc2ccccc2)C(=O)NC(C)C)S(=O)(=O)c2ccc(C)cc2)cc1OC. The number of nitrogens with one attached hydrogen (secondary N) is 1. The van der Waals surface area contributed by atoms with Gasteiger partial charge in [-0.1, -0.05) is 76.1 Å². The number of sulfonamides is 1. The summed E-state index contributed by atoms with van der Waals surface area (Å²) in [4.78, 5) is 29.9. The second-order valence-electron chi connectivity index (χ2n) is 11.4. The summed E-state index contributed by atoms with van der Waals surface area (Å²) >= 11 is 3.46. The van der Waals surface area contributed by atoms with E-state index in [0.717, 1.165) is 25.5 Å². The maximum atomic E-state index is 14.6. The summed E-state index contributed by atoms with van der Waals surface area (Å²) in [6.45, 7) is 5.06. The minimum Gasteiger partial charge on any atom is -0.493 e. The molecule has 0 aliphatic heterocycles. The number of hydrogen-bond acceptors (Lipinski definition) is 6. The lowest BCUT2D eigenvalue weighted by Crippen LogP contribution is -2.54. The largest absolute Gasteiger partial charge is 0.493 e. The molecule has 0 saturated carbocycles. The number of nitrogens with zero attached hydrogens (tertiary/aromatic N) is 2. The molecule has 4 rings (SSSR count). The van der Waals surface area contributed by atoms with E-state index in [1.165, 1.54) is 37.3 Å². The molecule has 0 unspecified atom stereocenters. The van der Waals surface area contributed by atoms with E-state index in [4.69, 9.17) is 9.47 Å². The van der Waals surface area contributed by atoms with Gasteiger partial charge in [0.2, 0.25) is 11.8 Å². The van der Waals surface area contributed by atoms with Crippen molar-refractivity contribution in [2.24, 2.45) is 0 Å². The highest BCUT2D eigenvalue weighted by Gasteiger charge is 2.35. The van der Waals surface area contributed by atoms with Gasteiger partial charge in [-0.05, 0) is 68.3 Å². The van der Waals surface area contributed by atoms with E-state index in [0.29, 0.717) is 11.5 Å². The quantitative estimate of drug-likeness (QED) is 0.168. The molecule has 0 saturated heterocycles. The summed E-state index contributed by atoms with van der Waals surface area (Å²) < 4.78 is 41.4. The highest BCUT2D eigenvalue weighted by molar-refractivity contribution is 9.10. The molecule has 0 bridgehead atoms. The average Bonchev–Trinajstić information content (AvgIpc) is 3.05. The minimum absolute atomic E-state index is 0.0172. The molecule has 0 aromatic heterocycles. The zero-order valence-corrected chi connectivity index (χ0v) is 29.5. The van der Waals surface area contributed by atoms with Crippen LogP contribution in [0.15, 0.2) is 106 Å². The summed E-state index contributed by atoms with van der Waals surface area (Å²) in [7, 11) is -1.33. The molecule has 4 aromatic carbocycles. The summed E-state index contributed by atoms with van der Waals surface area (Å²) in [6, 6.07) is 26.8. The zero-order valence-electron chi connectivity index (χ0n) is 27.1. The summed E-state index contributed by atoms with van der Waals surface area (Å²) in [5.74, 6) is -0.196. The van der Waals surface area contributed by atoms with Gasteiger partial charge in [0.25, 0.3) is 10.0 Å². The molecule has 11 heteroatoms. The first-order chi connectivity index (χ1) is 22.4. The molecule has 9 nitrogen and oxygen atoms in total. The van der Waals surface area contributed by atoms with E-state index < -0.39 is 28.5 Å². The number of benzene rings is 4. The van der Waals surface area contributed by atoms with Gasteiger partial charge in [0.05, 0.1) is 24.8 Å². The van der Waals surface area contributed by atoms with Gasteiger partial charge in [-0.25, -0.2) is 8.42 Å². The van der Waals surface area contributed by atoms with Crippen molar-refractivity contribution in [3.8, 4) is 11.5 Å². The van der Waals surface area contributed by atoms with Crippen LogP contribution in [0, 0.1) is 6.92 Å². The Kier molecular flexibility index (Phi) is 12.1. The van der Waals surface area contributed by atoms with Crippen LogP contribution in [0.1, 0.15) is 30.5 Å². The van der Waals surface area contributed by atoms with Gasteiger partial charge in [0.1, 0.15) is 12.6 Å². The molecule has 4 aromatic rings. The first-order valence-electron chi connectivity index (χ1n) is 15.1. The van der Waals surface area contributed by atoms with Crippen LogP contribution >= 0.6 is 15.9 Å². The maximum Gasteiger partial charge on any atom is 0.264 e. The Labute approximate surface area is 285 Å². The third kappa shape index (κ3) is 9.14.